The molecule has 0 aliphatic rings. The standard InChI is InChI=1S/C13H16N2O2S2/c1-3-11(13(16)17)15(2)6-10-8-19-12(14-10)9-4-5-18-7-9/h4-5,7-8,11H,3,6H2,1-2H3,(H,16,17). The molecule has 0 bridgehead atoms. The van der Waals surface area contributed by atoms with Crippen molar-refractivity contribution in [2.24, 2.45) is 0 Å². The number of aromatic nitrogens is 1. The summed E-state index contributed by atoms with van der Waals surface area (Å²) in [6.07, 6.45) is 0.591. The summed E-state index contributed by atoms with van der Waals surface area (Å²) in [6.45, 7) is 2.44. The van der Waals surface area contributed by atoms with Crippen molar-refractivity contribution in [3.8, 4) is 10.6 Å². The maximum atomic E-state index is 11.1. The third kappa shape index (κ3) is 3.40. The van der Waals surface area contributed by atoms with Crippen molar-refractivity contribution in [1.82, 2.24) is 9.88 Å². The number of thiophene rings is 1. The number of carboxylic acid groups (broad SMARTS) is 1. The van der Waals surface area contributed by atoms with Crippen LogP contribution in [0.3, 0.4) is 0 Å². The average molecular weight is 296 g/mol. The number of hydrogen-bond acceptors (Lipinski definition) is 5. The number of nitrogens with zero attached hydrogens (tertiary/aromatic N) is 2. The van der Waals surface area contributed by atoms with Crippen LogP contribution in [0.15, 0.2) is 22.2 Å². The van der Waals surface area contributed by atoms with Crippen molar-refractivity contribution in [3.63, 3.8) is 0 Å². The summed E-state index contributed by atoms with van der Waals surface area (Å²) in [5.41, 5.74) is 2.06. The first-order chi connectivity index (χ1) is 9.11. The van der Waals surface area contributed by atoms with Gasteiger partial charge >= 0.3 is 5.97 Å². The summed E-state index contributed by atoms with van der Waals surface area (Å²) >= 11 is 3.25. The van der Waals surface area contributed by atoms with E-state index in [4.69, 9.17) is 5.11 Å². The van der Waals surface area contributed by atoms with E-state index in [1.165, 1.54) is 0 Å². The zero-order valence-corrected chi connectivity index (χ0v) is 12.5. The molecule has 0 aromatic carbocycles. The summed E-state index contributed by atoms with van der Waals surface area (Å²) in [6, 6.07) is 1.59. The molecule has 102 valence electrons. The Hall–Kier alpha value is -1.24. The summed E-state index contributed by atoms with van der Waals surface area (Å²) in [7, 11) is 1.83. The zero-order valence-electron chi connectivity index (χ0n) is 10.9. The Morgan fingerprint density at radius 2 is 2.32 bits per heavy atom. The Morgan fingerprint density at radius 3 is 2.89 bits per heavy atom. The normalized spacial score (nSPS) is 12.8. The lowest BCUT2D eigenvalue weighted by Crippen LogP contribution is -2.37. The van der Waals surface area contributed by atoms with Gasteiger partial charge in [0.2, 0.25) is 0 Å². The molecule has 1 atom stereocenters. The van der Waals surface area contributed by atoms with E-state index in [0.29, 0.717) is 13.0 Å². The van der Waals surface area contributed by atoms with Crippen molar-refractivity contribution in [2.45, 2.75) is 25.9 Å². The molecule has 4 nitrogen and oxygen atoms in total. The number of rotatable bonds is 6. The van der Waals surface area contributed by atoms with E-state index in [-0.39, 0.29) is 0 Å². The second-order valence-corrected chi connectivity index (χ2v) is 5.97. The molecule has 0 spiro atoms. The third-order valence-electron chi connectivity index (χ3n) is 2.94. The molecule has 1 unspecified atom stereocenters. The summed E-state index contributed by atoms with van der Waals surface area (Å²) in [4.78, 5) is 17.5. The minimum Gasteiger partial charge on any atom is -0.480 e. The van der Waals surface area contributed by atoms with Crippen molar-refractivity contribution >= 4 is 28.6 Å². The lowest BCUT2D eigenvalue weighted by Gasteiger charge is -2.22. The molecule has 0 saturated heterocycles. The smallest absolute Gasteiger partial charge is 0.320 e. The number of carboxylic acids is 1. The SMILES string of the molecule is CCC(C(=O)O)N(C)Cc1csc(-c2ccsc2)n1. The second-order valence-electron chi connectivity index (χ2n) is 4.33. The fourth-order valence-corrected chi connectivity index (χ4v) is 3.46. The predicted octanol–water partition coefficient (Wildman–Crippen LogP) is 3.17. The number of aliphatic carboxylic acids is 1. The van der Waals surface area contributed by atoms with Gasteiger partial charge in [-0.25, -0.2) is 4.98 Å². The molecule has 2 aromatic heterocycles. The van der Waals surface area contributed by atoms with Crippen molar-refractivity contribution < 1.29 is 9.90 Å². The van der Waals surface area contributed by atoms with E-state index >= 15 is 0 Å². The van der Waals surface area contributed by atoms with Crippen molar-refractivity contribution in [2.75, 3.05) is 7.05 Å². The van der Waals surface area contributed by atoms with E-state index in [9.17, 15) is 4.79 Å². The number of hydrogen-bond donors (Lipinski definition) is 1. The molecule has 2 rings (SSSR count). The molecule has 1 N–H and O–H groups in total. The van der Waals surface area contributed by atoms with Crippen molar-refractivity contribution in [3.05, 3.63) is 27.9 Å². The lowest BCUT2D eigenvalue weighted by atomic mass is 10.2. The fourth-order valence-electron chi connectivity index (χ4n) is 1.94. The Labute approximate surface area is 120 Å². The van der Waals surface area contributed by atoms with Crippen LogP contribution in [0.5, 0.6) is 0 Å². The van der Waals surface area contributed by atoms with E-state index < -0.39 is 12.0 Å². The maximum Gasteiger partial charge on any atom is 0.320 e. The highest BCUT2D eigenvalue weighted by Crippen LogP contribution is 2.26. The highest BCUT2D eigenvalue weighted by atomic mass is 32.1. The van der Waals surface area contributed by atoms with Gasteiger partial charge in [0.25, 0.3) is 0 Å². The van der Waals surface area contributed by atoms with Gasteiger partial charge in [-0.05, 0) is 24.9 Å². The average Bonchev–Trinajstić information content (AvgIpc) is 2.98. The number of carbonyl (C=O) groups is 1. The molecule has 0 aliphatic heterocycles. The quantitative estimate of drug-likeness (QED) is 0.889. The van der Waals surface area contributed by atoms with Crippen LogP contribution in [0.25, 0.3) is 10.6 Å². The highest BCUT2D eigenvalue weighted by molar-refractivity contribution is 7.14. The van der Waals surface area contributed by atoms with Crippen molar-refractivity contribution in [1.29, 1.82) is 0 Å². The van der Waals surface area contributed by atoms with E-state index in [1.54, 1.807) is 22.7 Å². The van der Waals surface area contributed by atoms with Gasteiger partial charge in [0.15, 0.2) is 0 Å². The van der Waals surface area contributed by atoms with Crippen LogP contribution in [0.4, 0.5) is 0 Å². The van der Waals surface area contributed by atoms with E-state index in [2.05, 4.69) is 10.4 Å². The van der Waals surface area contributed by atoms with Gasteiger partial charge in [-0.1, -0.05) is 6.92 Å². The first-order valence-electron chi connectivity index (χ1n) is 6.01. The molecule has 0 radical (unpaired) electrons. The summed E-state index contributed by atoms with van der Waals surface area (Å²) < 4.78 is 0. The topological polar surface area (TPSA) is 53.4 Å². The van der Waals surface area contributed by atoms with Gasteiger partial charge < -0.3 is 5.11 Å². The molecule has 2 aromatic rings. The fraction of sp³-hybridized carbons (Fsp3) is 0.385. The molecule has 6 heteroatoms. The summed E-state index contributed by atoms with van der Waals surface area (Å²) in [5, 5.41) is 16.2. The Kier molecular flexibility index (Phi) is 4.68. The van der Waals surface area contributed by atoms with Gasteiger partial charge in [0.05, 0.1) is 5.69 Å². The summed E-state index contributed by atoms with van der Waals surface area (Å²) in [5.74, 6) is -0.779. The monoisotopic (exact) mass is 296 g/mol. The molecule has 0 saturated carbocycles. The second kappa shape index (κ2) is 6.27. The molecule has 0 amide bonds. The van der Waals surface area contributed by atoms with Gasteiger partial charge in [0.1, 0.15) is 11.0 Å². The Balaban J connectivity index is 2.06. The van der Waals surface area contributed by atoms with E-state index in [0.717, 1.165) is 16.3 Å². The molecule has 0 fully saturated rings. The van der Waals surface area contributed by atoms with Gasteiger partial charge in [-0.15, -0.1) is 11.3 Å². The zero-order chi connectivity index (χ0) is 13.8. The lowest BCUT2D eigenvalue weighted by molar-refractivity contribution is -0.143. The van der Waals surface area contributed by atoms with Crippen LogP contribution in [0, 0.1) is 0 Å². The molecule has 19 heavy (non-hydrogen) atoms. The largest absolute Gasteiger partial charge is 0.480 e. The molecular weight excluding hydrogens is 280 g/mol. The highest BCUT2D eigenvalue weighted by Gasteiger charge is 2.21. The molecule has 0 aliphatic carbocycles. The molecule has 2 heterocycles. The van der Waals surface area contributed by atoms with E-state index in [1.807, 2.05) is 35.7 Å². The first-order valence-corrected chi connectivity index (χ1v) is 7.84. The Bertz CT molecular complexity index is 537. The van der Waals surface area contributed by atoms with Crippen LogP contribution in [-0.2, 0) is 11.3 Å². The van der Waals surface area contributed by atoms with Crippen LogP contribution in [0.1, 0.15) is 19.0 Å². The van der Waals surface area contributed by atoms with Crippen LogP contribution < -0.4 is 0 Å². The Morgan fingerprint density at radius 1 is 1.53 bits per heavy atom. The van der Waals surface area contributed by atoms with Gasteiger partial charge in [-0.3, -0.25) is 9.69 Å². The minimum absolute atomic E-state index is 0.453. The van der Waals surface area contributed by atoms with Crippen LogP contribution >= 0.6 is 22.7 Å². The van der Waals surface area contributed by atoms with Gasteiger partial charge in [-0.2, -0.15) is 11.3 Å². The molecular formula is C13H16N2O2S2. The first kappa shape index (κ1) is 14.2. The number of likely N-dealkylation sites (N-methyl/N-ethyl adjacent to an activating group) is 1. The third-order valence-corrected chi connectivity index (χ3v) is 4.56. The minimum atomic E-state index is -0.779. The number of thiazole rings is 1. The maximum absolute atomic E-state index is 11.1. The predicted molar refractivity (Wildman–Crippen MR) is 78.6 cm³/mol. The van der Waals surface area contributed by atoms with Crippen LogP contribution in [0.2, 0.25) is 0 Å². The van der Waals surface area contributed by atoms with Crippen LogP contribution in [-0.4, -0.2) is 34.0 Å². The van der Waals surface area contributed by atoms with Gasteiger partial charge in [0, 0.05) is 22.9 Å².